The summed E-state index contributed by atoms with van der Waals surface area (Å²) < 4.78 is 5.41. The van der Waals surface area contributed by atoms with Gasteiger partial charge in [0.25, 0.3) is 0 Å². The summed E-state index contributed by atoms with van der Waals surface area (Å²) in [7, 11) is 0. The fraction of sp³-hybridized carbons (Fsp3) is 1.00. The summed E-state index contributed by atoms with van der Waals surface area (Å²) in [6, 6.07) is 0. The zero-order chi connectivity index (χ0) is 8.32. The number of hydrogen-bond acceptors (Lipinski definition) is 2. The van der Waals surface area contributed by atoms with E-state index >= 15 is 0 Å². The summed E-state index contributed by atoms with van der Waals surface area (Å²) in [5.74, 6) is 0.697. The highest BCUT2D eigenvalue weighted by Gasteiger charge is 2.33. The zero-order valence-electron chi connectivity index (χ0n) is 7.81. The third-order valence-electron chi connectivity index (χ3n) is 2.60. The predicted octanol–water partition coefficient (Wildman–Crippen LogP) is 1.27. The first kappa shape index (κ1) is 9.01. The lowest BCUT2D eigenvalue weighted by molar-refractivity contribution is 0.0801. The Labute approximate surface area is 69.3 Å². The van der Waals surface area contributed by atoms with Crippen LogP contribution in [0.15, 0.2) is 0 Å². The summed E-state index contributed by atoms with van der Waals surface area (Å²) in [6.45, 7) is 10.7. The summed E-state index contributed by atoms with van der Waals surface area (Å²) in [4.78, 5) is 0. The molecule has 0 unspecified atom stereocenters. The second-order valence-corrected chi connectivity index (χ2v) is 3.98. The van der Waals surface area contributed by atoms with E-state index in [2.05, 4.69) is 26.1 Å². The third-order valence-corrected chi connectivity index (χ3v) is 2.60. The maximum Gasteiger partial charge on any atom is 0.0511 e. The lowest BCUT2D eigenvalue weighted by atomic mass is 9.83. The molecule has 0 aromatic carbocycles. The van der Waals surface area contributed by atoms with Crippen molar-refractivity contribution in [1.29, 1.82) is 0 Å². The van der Waals surface area contributed by atoms with Crippen LogP contribution < -0.4 is 5.32 Å². The van der Waals surface area contributed by atoms with Gasteiger partial charge in [-0.2, -0.15) is 0 Å². The van der Waals surface area contributed by atoms with Crippen LogP contribution in [0.25, 0.3) is 0 Å². The van der Waals surface area contributed by atoms with Crippen LogP contribution in [-0.4, -0.2) is 26.3 Å². The van der Waals surface area contributed by atoms with Crippen LogP contribution in [0, 0.1) is 11.3 Å². The van der Waals surface area contributed by atoms with Crippen LogP contribution in [0.3, 0.4) is 0 Å². The van der Waals surface area contributed by atoms with E-state index in [4.69, 9.17) is 4.74 Å². The predicted molar refractivity (Wildman–Crippen MR) is 46.6 cm³/mol. The molecule has 1 heterocycles. The molecule has 0 aromatic rings. The number of nitrogens with one attached hydrogen (secondary N) is 1. The molecule has 1 N–H and O–H groups in total. The quantitative estimate of drug-likeness (QED) is 0.666. The highest BCUT2D eigenvalue weighted by atomic mass is 16.5. The Morgan fingerprint density at radius 3 is 2.73 bits per heavy atom. The van der Waals surface area contributed by atoms with Gasteiger partial charge in [0.15, 0.2) is 0 Å². The molecule has 1 atom stereocenters. The maximum atomic E-state index is 5.41. The molecule has 1 fully saturated rings. The van der Waals surface area contributed by atoms with Crippen LogP contribution in [0.1, 0.15) is 20.8 Å². The summed E-state index contributed by atoms with van der Waals surface area (Å²) in [5, 5.41) is 3.39. The standard InChI is InChI=1S/C9H19NO/c1-4-11-6-8-5-10-7-9(8,2)3/h8,10H,4-7H2,1-3H3/t8-/m0/s1. The minimum atomic E-state index is 0.426. The van der Waals surface area contributed by atoms with Crippen LogP contribution in [0.4, 0.5) is 0 Å². The van der Waals surface area contributed by atoms with Crippen molar-refractivity contribution in [2.24, 2.45) is 11.3 Å². The molecule has 0 aliphatic carbocycles. The fourth-order valence-electron chi connectivity index (χ4n) is 1.53. The molecular weight excluding hydrogens is 138 g/mol. The molecule has 1 aliphatic heterocycles. The molecule has 2 heteroatoms. The molecule has 0 amide bonds. The smallest absolute Gasteiger partial charge is 0.0511 e. The molecule has 66 valence electrons. The Morgan fingerprint density at radius 2 is 2.27 bits per heavy atom. The summed E-state index contributed by atoms with van der Waals surface area (Å²) in [6.07, 6.45) is 0. The van der Waals surface area contributed by atoms with Crippen molar-refractivity contribution in [2.45, 2.75) is 20.8 Å². The molecule has 1 saturated heterocycles. The number of rotatable bonds is 3. The van der Waals surface area contributed by atoms with Gasteiger partial charge in [-0.3, -0.25) is 0 Å². The number of ether oxygens (including phenoxy) is 1. The molecule has 2 nitrogen and oxygen atoms in total. The SMILES string of the molecule is CCOC[C@@H]1CNCC1(C)C. The van der Waals surface area contributed by atoms with Gasteiger partial charge in [0, 0.05) is 25.6 Å². The first-order chi connectivity index (χ1) is 5.17. The van der Waals surface area contributed by atoms with Gasteiger partial charge in [0.1, 0.15) is 0 Å². The fourth-order valence-corrected chi connectivity index (χ4v) is 1.53. The highest BCUT2D eigenvalue weighted by molar-refractivity contribution is 4.87. The topological polar surface area (TPSA) is 21.3 Å². The maximum absolute atomic E-state index is 5.41. The molecular formula is C9H19NO. The van der Waals surface area contributed by atoms with Gasteiger partial charge < -0.3 is 10.1 Å². The van der Waals surface area contributed by atoms with Gasteiger partial charge in [0.05, 0.1) is 6.61 Å². The molecule has 1 rings (SSSR count). The molecule has 0 radical (unpaired) electrons. The first-order valence-electron chi connectivity index (χ1n) is 4.45. The van der Waals surface area contributed by atoms with Crippen LogP contribution in [0.5, 0.6) is 0 Å². The van der Waals surface area contributed by atoms with E-state index in [9.17, 15) is 0 Å². The summed E-state index contributed by atoms with van der Waals surface area (Å²) >= 11 is 0. The van der Waals surface area contributed by atoms with Crippen LogP contribution >= 0.6 is 0 Å². The lowest BCUT2D eigenvalue weighted by Crippen LogP contribution is -2.26. The van der Waals surface area contributed by atoms with Gasteiger partial charge >= 0.3 is 0 Å². The average Bonchev–Trinajstić information content (AvgIpc) is 2.25. The van der Waals surface area contributed by atoms with Gasteiger partial charge in [0.2, 0.25) is 0 Å². The van der Waals surface area contributed by atoms with Gasteiger partial charge in [-0.25, -0.2) is 0 Å². The molecule has 0 spiro atoms. The monoisotopic (exact) mass is 157 g/mol. The Hall–Kier alpha value is -0.0800. The Balaban J connectivity index is 2.32. The summed E-state index contributed by atoms with van der Waals surface area (Å²) in [5.41, 5.74) is 0.426. The van der Waals surface area contributed by atoms with E-state index in [1.165, 1.54) is 0 Å². The second-order valence-electron chi connectivity index (χ2n) is 3.98. The average molecular weight is 157 g/mol. The van der Waals surface area contributed by atoms with Crippen molar-refractivity contribution in [3.05, 3.63) is 0 Å². The van der Waals surface area contributed by atoms with Crippen molar-refractivity contribution in [1.82, 2.24) is 5.32 Å². The normalized spacial score (nSPS) is 29.2. The number of hydrogen-bond donors (Lipinski definition) is 1. The second kappa shape index (κ2) is 3.55. The first-order valence-corrected chi connectivity index (χ1v) is 4.45. The van der Waals surface area contributed by atoms with E-state index in [-0.39, 0.29) is 0 Å². The minimum absolute atomic E-state index is 0.426. The molecule has 0 aromatic heterocycles. The van der Waals surface area contributed by atoms with Gasteiger partial charge in [-0.15, -0.1) is 0 Å². The van der Waals surface area contributed by atoms with E-state index < -0.39 is 0 Å². The van der Waals surface area contributed by atoms with Crippen molar-refractivity contribution in [3.8, 4) is 0 Å². The Kier molecular flexibility index (Phi) is 2.90. The van der Waals surface area contributed by atoms with Crippen molar-refractivity contribution >= 4 is 0 Å². The third kappa shape index (κ3) is 2.17. The van der Waals surface area contributed by atoms with E-state index in [0.29, 0.717) is 11.3 Å². The molecule has 11 heavy (non-hydrogen) atoms. The Morgan fingerprint density at radius 1 is 1.55 bits per heavy atom. The van der Waals surface area contributed by atoms with Crippen molar-refractivity contribution in [2.75, 3.05) is 26.3 Å². The minimum Gasteiger partial charge on any atom is -0.381 e. The zero-order valence-corrected chi connectivity index (χ0v) is 7.81. The van der Waals surface area contributed by atoms with Gasteiger partial charge in [-0.1, -0.05) is 13.8 Å². The highest BCUT2D eigenvalue weighted by Crippen LogP contribution is 2.29. The molecule has 0 saturated carbocycles. The van der Waals surface area contributed by atoms with Gasteiger partial charge in [-0.05, 0) is 12.3 Å². The van der Waals surface area contributed by atoms with E-state index in [1.54, 1.807) is 0 Å². The lowest BCUT2D eigenvalue weighted by Gasteiger charge is -2.25. The van der Waals surface area contributed by atoms with Crippen LogP contribution in [0.2, 0.25) is 0 Å². The van der Waals surface area contributed by atoms with Crippen LogP contribution in [-0.2, 0) is 4.74 Å². The van der Waals surface area contributed by atoms with Crippen molar-refractivity contribution < 1.29 is 4.74 Å². The largest absolute Gasteiger partial charge is 0.381 e. The van der Waals surface area contributed by atoms with Crippen molar-refractivity contribution in [3.63, 3.8) is 0 Å². The van der Waals surface area contributed by atoms with E-state index in [1.807, 2.05) is 0 Å². The Bertz CT molecular complexity index is 123. The van der Waals surface area contributed by atoms with E-state index in [0.717, 1.165) is 26.3 Å². The molecule has 0 bridgehead atoms. The molecule has 1 aliphatic rings.